The Balaban J connectivity index is 1.65. The number of amides is 1. The van der Waals surface area contributed by atoms with Gasteiger partial charge < -0.3 is 14.4 Å². The maximum Gasteiger partial charge on any atom is 0.410 e. The first kappa shape index (κ1) is 13.4. The number of rotatable bonds is 1. The van der Waals surface area contributed by atoms with E-state index in [1.807, 2.05) is 32.9 Å². The van der Waals surface area contributed by atoms with Crippen LogP contribution in [0.5, 0.6) is 0 Å². The minimum absolute atomic E-state index is 0.0752. The normalized spacial score (nSPS) is 28.8. The molecule has 0 aromatic carbocycles. The number of aromatic nitrogens is 1. The van der Waals surface area contributed by atoms with Crippen LogP contribution in [0.3, 0.4) is 0 Å². The van der Waals surface area contributed by atoms with E-state index < -0.39 is 5.60 Å². The van der Waals surface area contributed by atoms with Crippen LogP contribution in [-0.4, -0.2) is 40.8 Å². The summed E-state index contributed by atoms with van der Waals surface area (Å²) in [4.78, 5) is 17.8. The van der Waals surface area contributed by atoms with Gasteiger partial charge >= 0.3 is 6.09 Å². The lowest BCUT2D eigenvalue weighted by Gasteiger charge is -2.31. The second-order valence-electron chi connectivity index (χ2n) is 6.41. The van der Waals surface area contributed by atoms with Crippen molar-refractivity contribution < 1.29 is 14.3 Å². The van der Waals surface area contributed by atoms with Gasteiger partial charge in [0.2, 0.25) is 0 Å². The number of carbonyl (C=O) groups is 1. The van der Waals surface area contributed by atoms with E-state index in [4.69, 9.17) is 9.47 Å². The molecule has 1 aromatic heterocycles. The summed E-state index contributed by atoms with van der Waals surface area (Å²) in [5.74, 6) is 0. The molecule has 0 aliphatic carbocycles. The minimum Gasteiger partial charge on any atom is -0.444 e. The number of hydrogen-bond acceptors (Lipinski definition) is 4. The van der Waals surface area contributed by atoms with Gasteiger partial charge in [0.15, 0.2) is 0 Å². The molecule has 1 amide bonds. The maximum atomic E-state index is 12.1. The van der Waals surface area contributed by atoms with Crippen LogP contribution in [-0.2, 0) is 15.1 Å². The van der Waals surface area contributed by atoms with Crippen molar-refractivity contribution in [1.82, 2.24) is 9.88 Å². The summed E-state index contributed by atoms with van der Waals surface area (Å²) in [6.07, 6.45) is 4.19. The summed E-state index contributed by atoms with van der Waals surface area (Å²) in [5.41, 5.74) is 0.490. The fourth-order valence-electron chi connectivity index (χ4n) is 2.74. The standard InChI is InChI=1S/C15H20N2O3/c1-14(2,3)20-13(18)17-9-6-15(12(10-17)19-15)11-4-7-16-8-5-11/h4-5,7-8,12H,6,9-10H2,1-3H3/t12-,15-/m1/s1. The average molecular weight is 276 g/mol. The fourth-order valence-corrected chi connectivity index (χ4v) is 2.74. The Morgan fingerprint density at radius 3 is 2.75 bits per heavy atom. The highest BCUT2D eigenvalue weighted by Crippen LogP contribution is 2.51. The monoisotopic (exact) mass is 276 g/mol. The largest absolute Gasteiger partial charge is 0.444 e. The van der Waals surface area contributed by atoms with E-state index in [-0.39, 0.29) is 17.8 Å². The Hall–Kier alpha value is -1.62. The lowest BCUT2D eigenvalue weighted by molar-refractivity contribution is 0.0217. The van der Waals surface area contributed by atoms with E-state index in [2.05, 4.69) is 4.98 Å². The van der Waals surface area contributed by atoms with Gasteiger partial charge in [-0.1, -0.05) is 0 Å². The maximum absolute atomic E-state index is 12.1. The molecule has 2 fully saturated rings. The molecule has 3 heterocycles. The molecule has 5 heteroatoms. The quantitative estimate of drug-likeness (QED) is 0.739. The molecule has 2 aliphatic rings. The third-order valence-corrected chi connectivity index (χ3v) is 3.78. The van der Waals surface area contributed by atoms with Gasteiger partial charge in [0.25, 0.3) is 0 Å². The zero-order valence-electron chi connectivity index (χ0n) is 12.1. The molecule has 2 atom stereocenters. The molecule has 0 N–H and O–H groups in total. The summed E-state index contributed by atoms with van der Waals surface area (Å²) in [5, 5.41) is 0. The minimum atomic E-state index is -0.457. The molecule has 0 spiro atoms. The van der Waals surface area contributed by atoms with Gasteiger partial charge in [-0.3, -0.25) is 4.98 Å². The Morgan fingerprint density at radius 2 is 2.15 bits per heavy atom. The average Bonchev–Trinajstić information content (AvgIpc) is 3.12. The molecular weight excluding hydrogens is 256 g/mol. The third kappa shape index (κ3) is 2.38. The number of likely N-dealkylation sites (tertiary alicyclic amines) is 1. The van der Waals surface area contributed by atoms with Crippen molar-refractivity contribution in [1.29, 1.82) is 0 Å². The number of nitrogens with zero attached hydrogens (tertiary/aromatic N) is 2. The molecule has 0 radical (unpaired) electrons. The van der Waals surface area contributed by atoms with E-state index in [9.17, 15) is 4.79 Å². The number of ether oxygens (including phenoxy) is 2. The summed E-state index contributed by atoms with van der Waals surface area (Å²) in [6.45, 7) is 6.89. The van der Waals surface area contributed by atoms with Crippen molar-refractivity contribution in [2.45, 2.75) is 44.5 Å². The molecular formula is C15H20N2O3. The highest BCUT2D eigenvalue weighted by Gasteiger charge is 2.60. The summed E-state index contributed by atoms with van der Waals surface area (Å²) >= 11 is 0. The molecule has 108 valence electrons. The van der Waals surface area contributed by atoms with Gasteiger partial charge in [-0.25, -0.2) is 4.79 Å². The van der Waals surface area contributed by atoms with E-state index in [0.717, 1.165) is 12.0 Å². The predicted octanol–water partition coefficient (Wildman–Crippen LogP) is 2.32. The number of epoxide rings is 1. The van der Waals surface area contributed by atoms with E-state index in [1.54, 1.807) is 17.3 Å². The van der Waals surface area contributed by atoms with Crippen LogP contribution in [0.25, 0.3) is 0 Å². The first-order chi connectivity index (χ1) is 9.41. The number of piperidine rings is 1. The molecule has 1 aromatic rings. The van der Waals surface area contributed by atoms with Gasteiger partial charge in [0.1, 0.15) is 17.3 Å². The van der Waals surface area contributed by atoms with Gasteiger partial charge in [-0.15, -0.1) is 0 Å². The van der Waals surface area contributed by atoms with Gasteiger partial charge in [0, 0.05) is 25.4 Å². The topological polar surface area (TPSA) is 55.0 Å². The van der Waals surface area contributed by atoms with Crippen molar-refractivity contribution in [3.8, 4) is 0 Å². The molecule has 0 saturated carbocycles. The highest BCUT2D eigenvalue weighted by molar-refractivity contribution is 5.68. The fraction of sp³-hybridized carbons (Fsp3) is 0.600. The Morgan fingerprint density at radius 1 is 1.45 bits per heavy atom. The van der Waals surface area contributed by atoms with Gasteiger partial charge in [0.05, 0.1) is 6.54 Å². The van der Waals surface area contributed by atoms with Crippen LogP contribution in [0, 0.1) is 0 Å². The smallest absolute Gasteiger partial charge is 0.410 e. The van der Waals surface area contributed by atoms with Crippen LogP contribution < -0.4 is 0 Å². The summed E-state index contributed by atoms with van der Waals surface area (Å²) < 4.78 is 11.3. The van der Waals surface area contributed by atoms with Crippen LogP contribution in [0.15, 0.2) is 24.5 Å². The molecule has 5 nitrogen and oxygen atoms in total. The number of carbonyl (C=O) groups excluding carboxylic acids is 1. The first-order valence-corrected chi connectivity index (χ1v) is 6.97. The Bertz CT molecular complexity index is 512. The number of pyridine rings is 1. The Labute approximate surface area is 118 Å². The molecule has 3 rings (SSSR count). The van der Waals surface area contributed by atoms with E-state index >= 15 is 0 Å². The van der Waals surface area contributed by atoms with Crippen molar-refractivity contribution >= 4 is 6.09 Å². The first-order valence-electron chi connectivity index (χ1n) is 6.97. The molecule has 0 unspecified atom stereocenters. The number of fused-ring (bicyclic) bond motifs is 1. The lowest BCUT2D eigenvalue weighted by Crippen LogP contribution is -2.44. The van der Waals surface area contributed by atoms with Crippen LogP contribution >= 0.6 is 0 Å². The van der Waals surface area contributed by atoms with Gasteiger partial charge in [-0.05, 0) is 38.5 Å². The zero-order chi connectivity index (χ0) is 14.4. The van der Waals surface area contributed by atoms with Crippen molar-refractivity contribution in [2.24, 2.45) is 0 Å². The Kier molecular flexibility index (Phi) is 2.97. The SMILES string of the molecule is CC(C)(C)OC(=O)N1CC[C@]2(c3ccncc3)O[C@@H]2C1. The lowest BCUT2D eigenvalue weighted by atomic mass is 9.90. The number of hydrogen-bond donors (Lipinski definition) is 0. The molecule has 2 saturated heterocycles. The molecule has 0 bridgehead atoms. The van der Waals surface area contributed by atoms with E-state index in [1.165, 1.54) is 0 Å². The van der Waals surface area contributed by atoms with Crippen LogP contribution in [0.2, 0.25) is 0 Å². The second kappa shape index (κ2) is 4.45. The van der Waals surface area contributed by atoms with Crippen LogP contribution in [0.4, 0.5) is 4.79 Å². The third-order valence-electron chi connectivity index (χ3n) is 3.78. The highest BCUT2D eigenvalue weighted by atomic mass is 16.6. The molecule has 2 aliphatic heterocycles. The molecule has 20 heavy (non-hydrogen) atoms. The summed E-state index contributed by atoms with van der Waals surface area (Å²) in [7, 11) is 0. The van der Waals surface area contributed by atoms with Crippen molar-refractivity contribution in [2.75, 3.05) is 13.1 Å². The van der Waals surface area contributed by atoms with E-state index in [0.29, 0.717) is 13.1 Å². The van der Waals surface area contributed by atoms with Crippen molar-refractivity contribution in [3.05, 3.63) is 30.1 Å². The van der Waals surface area contributed by atoms with Gasteiger partial charge in [-0.2, -0.15) is 0 Å². The van der Waals surface area contributed by atoms with Crippen LogP contribution in [0.1, 0.15) is 32.8 Å². The summed E-state index contributed by atoms with van der Waals surface area (Å²) in [6, 6.07) is 3.98. The second-order valence-corrected chi connectivity index (χ2v) is 6.41. The predicted molar refractivity (Wildman–Crippen MR) is 73.2 cm³/mol. The zero-order valence-corrected chi connectivity index (χ0v) is 12.1. The van der Waals surface area contributed by atoms with Crippen molar-refractivity contribution in [3.63, 3.8) is 0 Å².